The number of thioether (sulfide) groups is 1. The van der Waals surface area contributed by atoms with Gasteiger partial charge in [0.15, 0.2) is 17.5 Å². The molecule has 7 nitrogen and oxygen atoms in total. The third kappa shape index (κ3) is 6.78. The third-order valence-corrected chi connectivity index (χ3v) is 4.71. The molecule has 138 valence electrons. The lowest BCUT2D eigenvalue weighted by Gasteiger charge is -2.43. The summed E-state index contributed by atoms with van der Waals surface area (Å²) in [5.41, 5.74) is 0. The fourth-order valence-electron chi connectivity index (χ4n) is 2.49. The lowest BCUT2D eigenvalue weighted by Crippen LogP contribution is -2.53. The van der Waals surface area contributed by atoms with Crippen molar-refractivity contribution in [1.29, 1.82) is 0 Å². The summed E-state index contributed by atoms with van der Waals surface area (Å²) in [6, 6.07) is 0. The van der Waals surface area contributed by atoms with E-state index < -0.39 is 18.4 Å². The summed E-state index contributed by atoms with van der Waals surface area (Å²) in [5.74, 6) is -0.321. The van der Waals surface area contributed by atoms with Gasteiger partial charge in [-0.25, -0.2) is 0 Å². The van der Waals surface area contributed by atoms with Crippen LogP contribution in [-0.4, -0.2) is 54.5 Å². The first-order valence-electron chi connectivity index (χ1n) is 7.93. The van der Waals surface area contributed by atoms with Gasteiger partial charge in [-0.15, -0.1) is 0 Å². The van der Waals surface area contributed by atoms with E-state index in [2.05, 4.69) is 0 Å². The van der Waals surface area contributed by atoms with Crippen molar-refractivity contribution in [1.82, 2.24) is 0 Å². The molecule has 0 radical (unpaired) electrons. The number of carbonyl (C=O) groups excluding carboxylic acids is 3. The van der Waals surface area contributed by atoms with Gasteiger partial charge >= 0.3 is 11.9 Å². The van der Waals surface area contributed by atoms with Crippen molar-refractivity contribution in [3.63, 3.8) is 0 Å². The van der Waals surface area contributed by atoms with Crippen LogP contribution in [0, 0.1) is 11.8 Å². The summed E-state index contributed by atoms with van der Waals surface area (Å²) < 4.78 is 22.0. The molecular formula is C16H26O7S. The number of rotatable bonds is 7. The van der Waals surface area contributed by atoms with Gasteiger partial charge in [-0.2, -0.15) is 0 Å². The zero-order valence-corrected chi connectivity index (χ0v) is 15.6. The molecule has 0 amide bonds. The highest BCUT2D eigenvalue weighted by Gasteiger charge is 2.44. The Morgan fingerprint density at radius 3 is 2.25 bits per heavy atom. The molecule has 1 aliphatic heterocycles. The van der Waals surface area contributed by atoms with E-state index in [4.69, 9.17) is 18.9 Å². The highest BCUT2D eigenvalue weighted by atomic mass is 32.2. The first-order valence-corrected chi connectivity index (χ1v) is 8.92. The van der Waals surface area contributed by atoms with Crippen LogP contribution in [0.5, 0.6) is 0 Å². The lowest BCUT2D eigenvalue weighted by atomic mass is 9.83. The number of ether oxygens (including phenoxy) is 4. The number of esters is 2. The molecule has 24 heavy (non-hydrogen) atoms. The van der Waals surface area contributed by atoms with E-state index in [1.807, 2.05) is 13.8 Å². The quantitative estimate of drug-likeness (QED) is 0.500. The molecule has 1 aliphatic rings. The Morgan fingerprint density at radius 1 is 1.04 bits per heavy atom. The zero-order valence-electron chi connectivity index (χ0n) is 14.8. The van der Waals surface area contributed by atoms with Gasteiger partial charge in [0.25, 0.3) is 0 Å². The molecule has 0 aromatic carbocycles. The van der Waals surface area contributed by atoms with Crippen LogP contribution in [0.15, 0.2) is 0 Å². The van der Waals surface area contributed by atoms with Gasteiger partial charge in [0, 0.05) is 32.4 Å². The summed E-state index contributed by atoms with van der Waals surface area (Å²) in [6.45, 7) is 8.47. The first-order chi connectivity index (χ1) is 11.2. The average Bonchev–Trinajstić information content (AvgIpc) is 2.48. The minimum absolute atomic E-state index is 0.00873. The summed E-state index contributed by atoms with van der Waals surface area (Å²) in [5, 5.41) is 0.00873. The first kappa shape index (κ1) is 20.9. The van der Waals surface area contributed by atoms with E-state index in [0.29, 0.717) is 5.75 Å². The Kier molecular flexibility index (Phi) is 8.72. The van der Waals surface area contributed by atoms with Gasteiger partial charge in [0.1, 0.15) is 6.61 Å². The number of hydrogen-bond acceptors (Lipinski definition) is 8. The average molecular weight is 362 g/mol. The van der Waals surface area contributed by atoms with Crippen LogP contribution in [-0.2, 0) is 33.3 Å². The highest BCUT2D eigenvalue weighted by molar-refractivity contribution is 8.13. The van der Waals surface area contributed by atoms with Crippen LogP contribution in [0.2, 0.25) is 0 Å². The van der Waals surface area contributed by atoms with Crippen molar-refractivity contribution in [3.05, 3.63) is 0 Å². The van der Waals surface area contributed by atoms with Crippen molar-refractivity contribution in [3.8, 4) is 0 Å². The molecule has 0 aromatic heterocycles. The van der Waals surface area contributed by atoms with Gasteiger partial charge in [-0.1, -0.05) is 25.6 Å². The Bertz CT molecular complexity index is 452. The van der Waals surface area contributed by atoms with Crippen molar-refractivity contribution in [2.75, 3.05) is 19.0 Å². The van der Waals surface area contributed by atoms with E-state index >= 15 is 0 Å². The largest absolute Gasteiger partial charge is 0.463 e. The fourth-order valence-corrected chi connectivity index (χ4v) is 2.96. The topological polar surface area (TPSA) is 88.1 Å². The summed E-state index contributed by atoms with van der Waals surface area (Å²) in [6.07, 6.45) is -1.65. The maximum absolute atomic E-state index is 11.4. The van der Waals surface area contributed by atoms with E-state index in [-0.39, 0.29) is 42.2 Å². The number of carbonyl (C=O) groups is 3. The Morgan fingerprint density at radius 2 is 1.71 bits per heavy atom. The molecule has 0 aliphatic carbocycles. The molecule has 8 heteroatoms. The van der Waals surface area contributed by atoms with Crippen molar-refractivity contribution >= 4 is 28.8 Å². The molecule has 0 aromatic rings. The highest BCUT2D eigenvalue weighted by Crippen LogP contribution is 2.33. The van der Waals surface area contributed by atoms with Crippen molar-refractivity contribution in [2.45, 2.75) is 53.1 Å². The summed E-state index contributed by atoms with van der Waals surface area (Å²) in [7, 11) is 0. The predicted octanol–water partition coefficient (Wildman–Crippen LogP) is 1.77. The smallest absolute Gasteiger partial charge is 0.303 e. The normalized spacial score (nSPS) is 29.8. The molecule has 1 rings (SSSR count). The molecule has 5 unspecified atom stereocenters. The Labute approximate surface area is 146 Å². The Hall–Kier alpha value is -1.12. The molecule has 0 spiro atoms. The molecule has 1 saturated heterocycles. The van der Waals surface area contributed by atoms with Crippen LogP contribution >= 0.6 is 11.8 Å². The predicted molar refractivity (Wildman–Crippen MR) is 88.3 cm³/mol. The molecule has 0 saturated carbocycles. The van der Waals surface area contributed by atoms with E-state index in [0.717, 1.165) is 11.8 Å². The van der Waals surface area contributed by atoms with Crippen LogP contribution < -0.4 is 0 Å². The zero-order chi connectivity index (χ0) is 18.3. The van der Waals surface area contributed by atoms with Crippen molar-refractivity contribution in [2.24, 2.45) is 11.8 Å². The monoisotopic (exact) mass is 362 g/mol. The standard InChI is InChI=1S/C16H26O7S/c1-9-10(2)15(22-12(4)18)16(20-6-7-24-13(5)19)23-14(9)8-21-11(3)17/h9-10,14-16H,6-8H2,1-5H3. The minimum Gasteiger partial charge on any atom is -0.463 e. The summed E-state index contributed by atoms with van der Waals surface area (Å²) >= 11 is 1.15. The fraction of sp³-hybridized carbons (Fsp3) is 0.812. The van der Waals surface area contributed by atoms with Crippen LogP contribution in [0.1, 0.15) is 34.6 Å². The molecular weight excluding hydrogens is 336 g/mol. The Balaban J connectivity index is 2.72. The van der Waals surface area contributed by atoms with Gasteiger partial charge < -0.3 is 18.9 Å². The summed E-state index contributed by atoms with van der Waals surface area (Å²) in [4.78, 5) is 33.4. The SMILES string of the molecule is CC(=O)OCC1OC(OCCSC(C)=O)C(OC(C)=O)C(C)C1C. The van der Waals surface area contributed by atoms with E-state index in [1.165, 1.54) is 20.8 Å². The molecule has 5 atom stereocenters. The van der Waals surface area contributed by atoms with Gasteiger partial charge in [-0.3, -0.25) is 14.4 Å². The third-order valence-electron chi connectivity index (χ3n) is 3.93. The van der Waals surface area contributed by atoms with Gasteiger partial charge in [0.05, 0.1) is 12.7 Å². The lowest BCUT2D eigenvalue weighted by molar-refractivity contribution is -0.278. The number of hydrogen-bond donors (Lipinski definition) is 0. The minimum atomic E-state index is -0.756. The molecule has 1 heterocycles. The van der Waals surface area contributed by atoms with Crippen LogP contribution in [0.3, 0.4) is 0 Å². The second-order valence-corrected chi connectivity index (χ2v) is 7.12. The maximum Gasteiger partial charge on any atom is 0.303 e. The van der Waals surface area contributed by atoms with Crippen LogP contribution in [0.25, 0.3) is 0 Å². The molecule has 0 N–H and O–H groups in total. The van der Waals surface area contributed by atoms with E-state index in [1.54, 1.807) is 0 Å². The maximum atomic E-state index is 11.4. The van der Waals surface area contributed by atoms with Gasteiger partial charge in [0.2, 0.25) is 0 Å². The second kappa shape index (κ2) is 10.0. The van der Waals surface area contributed by atoms with E-state index in [9.17, 15) is 14.4 Å². The second-order valence-electron chi connectivity index (χ2n) is 5.85. The van der Waals surface area contributed by atoms with Gasteiger partial charge in [-0.05, 0) is 5.92 Å². The van der Waals surface area contributed by atoms with Crippen molar-refractivity contribution < 1.29 is 33.3 Å². The van der Waals surface area contributed by atoms with Crippen LogP contribution in [0.4, 0.5) is 0 Å². The molecule has 1 fully saturated rings. The molecule has 0 bridgehead atoms.